The van der Waals surface area contributed by atoms with Crippen molar-refractivity contribution in [3.63, 3.8) is 0 Å². The number of nitrogens with one attached hydrogen (secondary N) is 1. The van der Waals surface area contributed by atoms with Gasteiger partial charge in [-0.1, -0.05) is 12.1 Å². The summed E-state index contributed by atoms with van der Waals surface area (Å²) in [7, 11) is 2.14. The maximum atomic E-state index is 12.5. The average Bonchev–Trinajstić information content (AvgIpc) is 2.95. The Bertz CT molecular complexity index is 594. The lowest BCUT2D eigenvalue weighted by Crippen LogP contribution is -2.51. The van der Waals surface area contributed by atoms with Crippen molar-refractivity contribution < 1.29 is 9.90 Å². The normalized spacial score (nSPS) is 24.0. The molecular formula is C19H29N3O2. The Morgan fingerprint density at radius 3 is 2.62 bits per heavy atom. The molecular weight excluding hydrogens is 302 g/mol. The molecule has 2 amide bonds. The number of hydrogen-bond acceptors (Lipinski definition) is 3. The molecule has 0 aliphatic carbocycles. The number of aromatic hydroxyl groups is 1. The summed E-state index contributed by atoms with van der Waals surface area (Å²) >= 11 is 0. The zero-order valence-corrected chi connectivity index (χ0v) is 15.0. The number of rotatable bonds is 3. The average molecular weight is 331 g/mol. The van der Waals surface area contributed by atoms with Gasteiger partial charge >= 0.3 is 6.03 Å². The number of hydrogen-bond donors (Lipinski definition) is 2. The van der Waals surface area contributed by atoms with Gasteiger partial charge in [0.15, 0.2) is 0 Å². The summed E-state index contributed by atoms with van der Waals surface area (Å²) in [5.74, 6) is 1.04. The summed E-state index contributed by atoms with van der Waals surface area (Å²) in [4.78, 5) is 16.9. The number of carbonyl (C=O) groups is 1. The van der Waals surface area contributed by atoms with E-state index in [1.165, 1.54) is 6.42 Å². The lowest BCUT2D eigenvalue weighted by Gasteiger charge is -2.36. The molecule has 1 aromatic carbocycles. The van der Waals surface area contributed by atoms with Crippen LogP contribution in [0.25, 0.3) is 0 Å². The van der Waals surface area contributed by atoms with Crippen LogP contribution < -0.4 is 5.32 Å². The minimum atomic E-state index is 0.0741. The SMILES string of the molecule is Cc1cc(CCNC(=O)N2CC[C@H]3CCN(C)C[C@H]32)cc(C)c1O. The summed E-state index contributed by atoms with van der Waals surface area (Å²) in [6.07, 6.45) is 3.13. The third-order valence-electron chi connectivity index (χ3n) is 5.57. The number of benzene rings is 1. The highest BCUT2D eigenvalue weighted by Gasteiger charge is 2.39. The van der Waals surface area contributed by atoms with E-state index in [1.54, 1.807) is 0 Å². The number of phenolic OH excluding ortho intramolecular Hbond substituents is 1. The van der Waals surface area contributed by atoms with Crippen LogP contribution in [0.15, 0.2) is 12.1 Å². The Morgan fingerprint density at radius 2 is 1.92 bits per heavy atom. The fourth-order valence-electron chi connectivity index (χ4n) is 4.16. The Balaban J connectivity index is 1.53. The van der Waals surface area contributed by atoms with E-state index in [1.807, 2.05) is 30.9 Å². The summed E-state index contributed by atoms with van der Waals surface area (Å²) in [5.41, 5.74) is 2.94. The summed E-state index contributed by atoms with van der Waals surface area (Å²) in [6, 6.07) is 4.44. The van der Waals surface area contributed by atoms with Crippen LogP contribution in [-0.4, -0.2) is 60.2 Å². The summed E-state index contributed by atoms with van der Waals surface area (Å²) in [5, 5.41) is 12.9. The number of nitrogens with zero attached hydrogens (tertiary/aromatic N) is 2. The van der Waals surface area contributed by atoms with Gasteiger partial charge in [0.05, 0.1) is 0 Å². The van der Waals surface area contributed by atoms with Crippen molar-refractivity contribution in [2.24, 2.45) is 5.92 Å². The predicted molar refractivity (Wildman–Crippen MR) is 95.4 cm³/mol. The molecule has 2 aliphatic rings. The fraction of sp³-hybridized carbons (Fsp3) is 0.632. The van der Waals surface area contributed by atoms with Gasteiger partial charge in [-0.2, -0.15) is 0 Å². The van der Waals surface area contributed by atoms with Crippen LogP contribution in [0.3, 0.4) is 0 Å². The van der Waals surface area contributed by atoms with Crippen LogP contribution >= 0.6 is 0 Å². The van der Waals surface area contributed by atoms with E-state index < -0.39 is 0 Å². The molecule has 5 nitrogen and oxygen atoms in total. The van der Waals surface area contributed by atoms with E-state index in [4.69, 9.17) is 0 Å². The van der Waals surface area contributed by atoms with Crippen molar-refractivity contribution in [1.82, 2.24) is 15.1 Å². The number of fused-ring (bicyclic) bond motifs is 1. The largest absolute Gasteiger partial charge is 0.507 e. The van der Waals surface area contributed by atoms with Gasteiger partial charge in [0, 0.05) is 25.7 Å². The van der Waals surface area contributed by atoms with Crippen molar-refractivity contribution in [3.8, 4) is 5.75 Å². The number of piperidine rings is 1. The first kappa shape index (κ1) is 17.1. The third-order valence-corrected chi connectivity index (χ3v) is 5.57. The fourth-order valence-corrected chi connectivity index (χ4v) is 4.16. The van der Waals surface area contributed by atoms with Crippen molar-refractivity contribution in [2.45, 2.75) is 39.2 Å². The molecule has 0 bridgehead atoms. The Hall–Kier alpha value is -1.75. The van der Waals surface area contributed by atoms with E-state index in [9.17, 15) is 9.90 Å². The van der Waals surface area contributed by atoms with E-state index in [-0.39, 0.29) is 6.03 Å². The molecule has 0 aromatic heterocycles. The van der Waals surface area contributed by atoms with Gasteiger partial charge in [-0.25, -0.2) is 4.79 Å². The molecule has 2 fully saturated rings. The zero-order chi connectivity index (χ0) is 17.3. The molecule has 2 atom stereocenters. The number of phenols is 1. The van der Waals surface area contributed by atoms with Gasteiger partial charge in [0.2, 0.25) is 0 Å². The van der Waals surface area contributed by atoms with Crippen molar-refractivity contribution in [3.05, 3.63) is 28.8 Å². The molecule has 5 heteroatoms. The quantitative estimate of drug-likeness (QED) is 0.893. The van der Waals surface area contributed by atoms with Crippen LogP contribution in [0.5, 0.6) is 5.75 Å². The molecule has 2 saturated heterocycles. The number of urea groups is 1. The lowest BCUT2D eigenvalue weighted by atomic mass is 9.92. The Morgan fingerprint density at radius 1 is 1.25 bits per heavy atom. The number of likely N-dealkylation sites (N-methyl/N-ethyl adjacent to an activating group) is 1. The highest BCUT2D eigenvalue weighted by Crippen LogP contribution is 2.31. The first-order valence-electron chi connectivity index (χ1n) is 8.98. The standard InChI is InChI=1S/C19H29N3O2/c1-13-10-15(11-14(2)18(13)23)4-7-20-19(24)22-9-6-16-5-8-21(3)12-17(16)22/h10-11,16-17,23H,4-9,12H2,1-3H3,(H,20,24)/t16-,17-/m1/s1. The van der Waals surface area contributed by atoms with Gasteiger partial charge in [0.25, 0.3) is 0 Å². The van der Waals surface area contributed by atoms with E-state index in [0.717, 1.165) is 49.2 Å². The Labute approximate surface area is 144 Å². The summed E-state index contributed by atoms with van der Waals surface area (Å²) in [6.45, 7) is 7.48. The van der Waals surface area contributed by atoms with Crippen LogP contribution in [0.4, 0.5) is 4.79 Å². The molecule has 132 valence electrons. The number of amides is 2. The topological polar surface area (TPSA) is 55.8 Å². The second-order valence-electron chi connectivity index (χ2n) is 7.42. The molecule has 1 aromatic rings. The van der Waals surface area contributed by atoms with Crippen LogP contribution in [0.1, 0.15) is 29.5 Å². The first-order valence-corrected chi connectivity index (χ1v) is 8.98. The highest BCUT2D eigenvalue weighted by molar-refractivity contribution is 5.75. The van der Waals surface area contributed by atoms with Crippen molar-refractivity contribution in [1.29, 1.82) is 0 Å². The molecule has 0 radical (unpaired) electrons. The van der Waals surface area contributed by atoms with Crippen LogP contribution in [-0.2, 0) is 6.42 Å². The maximum absolute atomic E-state index is 12.5. The van der Waals surface area contributed by atoms with E-state index in [0.29, 0.717) is 24.3 Å². The highest BCUT2D eigenvalue weighted by atomic mass is 16.3. The minimum absolute atomic E-state index is 0.0741. The molecule has 3 rings (SSSR count). The van der Waals surface area contributed by atoms with Crippen molar-refractivity contribution >= 4 is 6.03 Å². The van der Waals surface area contributed by atoms with Crippen LogP contribution in [0.2, 0.25) is 0 Å². The number of carbonyl (C=O) groups excluding carboxylic acids is 1. The van der Waals surface area contributed by atoms with Gasteiger partial charge < -0.3 is 20.2 Å². The first-order chi connectivity index (χ1) is 11.5. The third kappa shape index (κ3) is 3.51. The molecule has 2 heterocycles. The Kier molecular flexibility index (Phi) is 4.99. The van der Waals surface area contributed by atoms with Gasteiger partial charge in [-0.05, 0) is 69.3 Å². The summed E-state index contributed by atoms with van der Waals surface area (Å²) < 4.78 is 0. The number of aryl methyl sites for hydroxylation is 2. The monoisotopic (exact) mass is 331 g/mol. The second-order valence-corrected chi connectivity index (χ2v) is 7.42. The zero-order valence-electron chi connectivity index (χ0n) is 15.0. The molecule has 0 spiro atoms. The van der Waals surface area contributed by atoms with Crippen LogP contribution in [0, 0.1) is 19.8 Å². The second kappa shape index (κ2) is 7.01. The molecule has 0 saturated carbocycles. The molecule has 2 aliphatic heterocycles. The van der Waals surface area contributed by atoms with E-state index >= 15 is 0 Å². The minimum Gasteiger partial charge on any atom is -0.507 e. The van der Waals surface area contributed by atoms with E-state index in [2.05, 4.69) is 17.3 Å². The van der Waals surface area contributed by atoms with Gasteiger partial charge in [0.1, 0.15) is 5.75 Å². The lowest BCUT2D eigenvalue weighted by molar-refractivity contribution is 0.131. The predicted octanol–water partition coefficient (Wildman–Crippen LogP) is 2.29. The molecule has 2 N–H and O–H groups in total. The number of likely N-dealkylation sites (tertiary alicyclic amines) is 2. The van der Waals surface area contributed by atoms with Gasteiger partial charge in [-0.15, -0.1) is 0 Å². The maximum Gasteiger partial charge on any atom is 0.317 e. The molecule has 24 heavy (non-hydrogen) atoms. The molecule has 0 unspecified atom stereocenters. The van der Waals surface area contributed by atoms with Crippen molar-refractivity contribution in [2.75, 3.05) is 33.2 Å². The smallest absolute Gasteiger partial charge is 0.317 e. The van der Waals surface area contributed by atoms with Gasteiger partial charge in [-0.3, -0.25) is 0 Å².